The minimum Gasteiger partial charge on any atom is -0.482 e. The fraction of sp³-hybridized carbons (Fsp3) is 0.133. The summed E-state index contributed by atoms with van der Waals surface area (Å²) in [7, 11) is 1.30. The van der Waals surface area contributed by atoms with Crippen molar-refractivity contribution >= 4 is 29.2 Å². The lowest BCUT2D eigenvalue weighted by molar-refractivity contribution is -0.142. The molecule has 1 heterocycles. The number of allylic oxidation sites excluding steroid dienone is 1. The first kappa shape index (κ1) is 14.9. The van der Waals surface area contributed by atoms with Crippen molar-refractivity contribution in [3.63, 3.8) is 0 Å². The van der Waals surface area contributed by atoms with E-state index in [1.54, 1.807) is 41.9 Å². The quantitative estimate of drug-likeness (QED) is 0.466. The second-order valence-corrected chi connectivity index (χ2v) is 4.86. The summed E-state index contributed by atoms with van der Waals surface area (Å²) in [5.74, 6) is -0.00663. The predicted molar refractivity (Wildman–Crippen MR) is 79.4 cm³/mol. The standard InChI is InChI=1S/C15H13NO4S/c1-19-14(18)10-20-12-5-2-11(3-6-12)4-7-13(17)15-16-8-9-21-15/h2-9H,10H2,1H3. The van der Waals surface area contributed by atoms with Crippen molar-refractivity contribution < 1.29 is 19.1 Å². The summed E-state index contributed by atoms with van der Waals surface area (Å²) in [6, 6.07) is 7.02. The molecule has 0 spiro atoms. The molecule has 1 aromatic carbocycles. The first-order valence-corrected chi connectivity index (χ1v) is 6.98. The maximum Gasteiger partial charge on any atom is 0.343 e. The summed E-state index contributed by atoms with van der Waals surface area (Å²) >= 11 is 1.30. The number of hydrogen-bond donors (Lipinski definition) is 0. The molecular formula is C15H13NO4S. The van der Waals surface area contributed by atoms with Crippen LogP contribution >= 0.6 is 11.3 Å². The molecule has 0 atom stereocenters. The monoisotopic (exact) mass is 303 g/mol. The normalized spacial score (nSPS) is 10.5. The minimum atomic E-state index is -0.437. The van der Waals surface area contributed by atoms with Crippen LogP contribution in [0.5, 0.6) is 5.75 Å². The molecule has 0 aliphatic rings. The summed E-state index contributed by atoms with van der Waals surface area (Å²) in [4.78, 5) is 26.6. The number of ether oxygens (including phenoxy) is 2. The Morgan fingerprint density at radius 1 is 1.29 bits per heavy atom. The Hall–Kier alpha value is -2.47. The zero-order valence-corrected chi connectivity index (χ0v) is 12.1. The van der Waals surface area contributed by atoms with Gasteiger partial charge < -0.3 is 9.47 Å². The SMILES string of the molecule is COC(=O)COc1ccc(C=CC(=O)c2nccs2)cc1. The van der Waals surface area contributed by atoms with Crippen LogP contribution in [0.2, 0.25) is 0 Å². The number of carbonyl (C=O) groups excluding carboxylic acids is 2. The highest BCUT2D eigenvalue weighted by atomic mass is 32.1. The number of methoxy groups -OCH3 is 1. The van der Waals surface area contributed by atoms with Crippen molar-refractivity contribution in [1.29, 1.82) is 0 Å². The van der Waals surface area contributed by atoms with Gasteiger partial charge in [-0.25, -0.2) is 9.78 Å². The van der Waals surface area contributed by atoms with Crippen LogP contribution in [-0.4, -0.2) is 30.5 Å². The molecule has 1 aromatic heterocycles. The molecule has 0 unspecified atom stereocenters. The van der Waals surface area contributed by atoms with Crippen molar-refractivity contribution in [2.24, 2.45) is 0 Å². The highest BCUT2D eigenvalue weighted by molar-refractivity contribution is 7.11. The first-order chi connectivity index (χ1) is 10.2. The number of nitrogens with zero attached hydrogens (tertiary/aromatic N) is 1. The van der Waals surface area contributed by atoms with Crippen LogP contribution in [-0.2, 0) is 9.53 Å². The van der Waals surface area contributed by atoms with Crippen LogP contribution < -0.4 is 4.74 Å². The number of hydrogen-bond acceptors (Lipinski definition) is 6. The summed E-state index contributed by atoms with van der Waals surface area (Å²) < 4.78 is 9.70. The Morgan fingerprint density at radius 3 is 2.67 bits per heavy atom. The van der Waals surface area contributed by atoms with Gasteiger partial charge in [0, 0.05) is 11.6 Å². The van der Waals surface area contributed by atoms with Crippen LogP contribution in [0.1, 0.15) is 15.4 Å². The molecule has 0 radical (unpaired) electrons. The molecule has 6 heteroatoms. The van der Waals surface area contributed by atoms with Gasteiger partial charge in [-0.15, -0.1) is 11.3 Å². The summed E-state index contributed by atoms with van der Waals surface area (Å²) in [5, 5.41) is 2.22. The van der Waals surface area contributed by atoms with Gasteiger partial charge in [-0.05, 0) is 23.8 Å². The lowest BCUT2D eigenvalue weighted by Gasteiger charge is -2.04. The van der Waals surface area contributed by atoms with Crippen LogP contribution in [0, 0.1) is 0 Å². The average Bonchev–Trinajstić information content (AvgIpc) is 3.05. The number of benzene rings is 1. The summed E-state index contributed by atoms with van der Waals surface area (Å²) in [6.45, 7) is -0.131. The zero-order valence-electron chi connectivity index (χ0n) is 11.3. The average molecular weight is 303 g/mol. The van der Waals surface area contributed by atoms with E-state index in [0.29, 0.717) is 10.8 Å². The molecule has 0 saturated heterocycles. The maximum absolute atomic E-state index is 11.7. The van der Waals surface area contributed by atoms with Crippen molar-refractivity contribution in [3.8, 4) is 5.75 Å². The van der Waals surface area contributed by atoms with Crippen molar-refractivity contribution in [3.05, 3.63) is 52.5 Å². The van der Waals surface area contributed by atoms with Crippen LogP contribution in [0.3, 0.4) is 0 Å². The molecule has 0 fully saturated rings. The van der Waals surface area contributed by atoms with Gasteiger partial charge in [-0.2, -0.15) is 0 Å². The smallest absolute Gasteiger partial charge is 0.343 e. The van der Waals surface area contributed by atoms with E-state index in [1.165, 1.54) is 24.5 Å². The van der Waals surface area contributed by atoms with E-state index < -0.39 is 5.97 Å². The lowest BCUT2D eigenvalue weighted by Crippen LogP contribution is -2.12. The zero-order chi connectivity index (χ0) is 15.1. The topological polar surface area (TPSA) is 65.5 Å². The number of aromatic nitrogens is 1. The Balaban J connectivity index is 1.93. The van der Waals surface area contributed by atoms with E-state index in [2.05, 4.69) is 9.72 Å². The number of esters is 1. The van der Waals surface area contributed by atoms with E-state index in [1.807, 2.05) is 0 Å². The van der Waals surface area contributed by atoms with Gasteiger partial charge in [0.2, 0.25) is 5.78 Å². The third kappa shape index (κ3) is 4.54. The van der Waals surface area contributed by atoms with Gasteiger partial charge in [-0.1, -0.05) is 18.2 Å². The van der Waals surface area contributed by atoms with Gasteiger partial charge in [-0.3, -0.25) is 4.79 Å². The Labute approximate surface area is 125 Å². The molecular weight excluding hydrogens is 290 g/mol. The fourth-order valence-electron chi connectivity index (χ4n) is 1.46. The summed E-state index contributed by atoms with van der Waals surface area (Å²) in [5.41, 5.74) is 0.852. The molecule has 0 aliphatic heterocycles. The number of ketones is 1. The Morgan fingerprint density at radius 2 is 2.05 bits per heavy atom. The second kappa shape index (κ2) is 7.35. The number of thiazole rings is 1. The molecule has 108 valence electrons. The molecule has 0 amide bonds. The van der Waals surface area contributed by atoms with E-state index in [-0.39, 0.29) is 12.4 Å². The molecule has 0 bridgehead atoms. The third-order valence-electron chi connectivity index (χ3n) is 2.53. The second-order valence-electron chi connectivity index (χ2n) is 3.97. The van der Waals surface area contributed by atoms with E-state index in [9.17, 15) is 9.59 Å². The Bertz CT molecular complexity index is 632. The van der Waals surface area contributed by atoms with Gasteiger partial charge in [0.05, 0.1) is 7.11 Å². The van der Waals surface area contributed by atoms with Gasteiger partial charge in [0.1, 0.15) is 5.75 Å². The molecule has 0 saturated carbocycles. The first-order valence-electron chi connectivity index (χ1n) is 6.10. The molecule has 0 aliphatic carbocycles. The Kier molecular flexibility index (Phi) is 5.22. The molecule has 2 aromatic rings. The largest absolute Gasteiger partial charge is 0.482 e. The molecule has 2 rings (SSSR count). The van der Waals surface area contributed by atoms with Crippen LogP contribution in [0.15, 0.2) is 41.9 Å². The molecule has 5 nitrogen and oxygen atoms in total. The highest BCUT2D eigenvalue weighted by Crippen LogP contribution is 2.14. The maximum atomic E-state index is 11.7. The number of rotatable bonds is 6. The van der Waals surface area contributed by atoms with E-state index in [0.717, 1.165) is 5.56 Å². The van der Waals surface area contributed by atoms with Gasteiger partial charge in [0.15, 0.2) is 11.6 Å². The van der Waals surface area contributed by atoms with Gasteiger partial charge in [0.25, 0.3) is 0 Å². The minimum absolute atomic E-state index is 0.129. The van der Waals surface area contributed by atoms with E-state index >= 15 is 0 Å². The van der Waals surface area contributed by atoms with Crippen molar-refractivity contribution in [2.75, 3.05) is 13.7 Å². The highest BCUT2D eigenvalue weighted by Gasteiger charge is 2.04. The fourth-order valence-corrected chi connectivity index (χ4v) is 2.02. The van der Waals surface area contributed by atoms with E-state index in [4.69, 9.17) is 4.74 Å². The van der Waals surface area contributed by atoms with Crippen LogP contribution in [0.4, 0.5) is 0 Å². The molecule has 0 N–H and O–H groups in total. The van der Waals surface area contributed by atoms with Gasteiger partial charge >= 0.3 is 5.97 Å². The number of carbonyl (C=O) groups is 2. The van der Waals surface area contributed by atoms with Crippen LogP contribution in [0.25, 0.3) is 6.08 Å². The third-order valence-corrected chi connectivity index (χ3v) is 3.32. The van der Waals surface area contributed by atoms with Crippen molar-refractivity contribution in [2.45, 2.75) is 0 Å². The lowest BCUT2D eigenvalue weighted by atomic mass is 10.2. The summed E-state index contributed by atoms with van der Waals surface area (Å²) in [6.07, 6.45) is 4.77. The van der Waals surface area contributed by atoms with Crippen molar-refractivity contribution in [1.82, 2.24) is 4.98 Å². The predicted octanol–water partition coefficient (Wildman–Crippen LogP) is 2.59. The molecule has 21 heavy (non-hydrogen) atoms.